The largest absolute Gasteiger partial charge is 0.744 e. The van der Waals surface area contributed by atoms with Crippen LogP contribution in [0.2, 0.25) is 0 Å². The molecule has 0 fully saturated rings. The number of phenolic OH excluding ortho intramolecular Hbond substituents is 1. The molecule has 0 amide bonds. The Morgan fingerprint density at radius 1 is 1.20 bits per heavy atom. The number of fused-ring (bicyclic) bond motifs is 1. The van der Waals surface area contributed by atoms with Crippen LogP contribution in [0.3, 0.4) is 0 Å². The highest BCUT2D eigenvalue weighted by molar-refractivity contribution is 7.85. The van der Waals surface area contributed by atoms with E-state index in [0.29, 0.717) is 17.0 Å². The van der Waals surface area contributed by atoms with Gasteiger partial charge in [0.15, 0.2) is 6.20 Å². The second-order valence-corrected chi connectivity index (χ2v) is 5.53. The summed E-state index contributed by atoms with van der Waals surface area (Å²) in [7, 11) is -4.74. The molecular weight excluding hydrogens is 282 g/mol. The van der Waals surface area contributed by atoms with Crippen LogP contribution in [0.5, 0.6) is 5.75 Å². The molecule has 0 radical (unpaired) electrons. The normalized spacial score (nSPS) is 11.8. The number of benzene rings is 1. The Hall–Kier alpha value is -2.38. The van der Waals surface area contributed by atoms with E-state index >= 15 is 0 Å². The second kappa shape index (κ2) is 4.32. The molecule has 7 heteroatoms. The van der Waals surface area contributed by atoms with Crippen molar-refractivity contribution in [2.45, 2.75) is 4.90 Å². The van der Waals surface area contributed by atoms with Crippen LogP contribution in [0, 0.1) is 0 Å². The van der Waals surface area contributed by atoms with Crippen LogP contribution in [-0.4, -0.2) is 18.1 Å². The summed E-state index contributed by atoms with van der Waals surface area (Å²) < 4.78 is 40.4. The van der Waals surface area contributed by atoms with Crippen molar-refractivity contribution < 1.29 is 26.9 Å². The second-order valence-electron chi connectivity index (χ2n) is 4.18. The minimum absolute atomic E-state index is 0.390. The third-order valence-corrected chi connectivity index (χ3v) is 3.70. The van der Waals surface area contributed by atoms with Crippen LogP contribution in [0.25, 0.3) is 17.0 Å². The summed E-state index contributed by atoms with van der Waals surface area (Å²) in [6, 6.07) is 9.08. The zero-order chi connectivity index (χ0) is 14.3. The first kappa shape index (κ1) is 12.6. The number of phenols is 1. The number of pyridine rings is 1. The molecule has 3 rings (SSSR count). The van der Waals surface area contributed by atoms with Crippen molar-refractivity contribution in [2.75, 3.05) is 0 Å². The van der Waals surface area contributed by atoms with E-state index in [2.05, 4.69) is 0 Å². The lowest BCUT2D eigenvalue weighted by molar-refractivity contribution is -0.513. The van der Waals surface area contributed by atoms with E-state index < -0.39 is 20.8 Å². The zero-order valence-electron chi connectivity index (χ0n) is 10.1. The maximum Gasteiger partial charge on any atom is 0.379 e. The summed E-state index contributed by atoms with van der Waals surface area (Å²) >= 11 is 0. The Labute approximate surface area is 114 Å². The molecule has 2 heterocycles. The van der Waals surface area contributed by atoms with Gasteiger partial charge in [-0.3, -0.25) is 0 Å². The van der Waals surface area contributed by atoms with E-state index in [1.165, 1.54) is 6.07 Å². The Morgan fingerprint density at radius 3 is 2.70 bits per heavy atom. The predicted octanol–water partition coefficient (Wildman–Crippen LogP) is 1.30. The van der Waals surface area contributed by atoms with Crippen LogP contribution in [0.15, 0.2) is 58.1 Å². The number of aromatic hydroxyl groups is 1. The Morgan fingerprint density at radius 2 is 2.00 bits per heavy atom. The Bertz CT molecular complexity index is 865. The van der Waals surface area contributed by atoms with Gasteiger partial charge in [-0.25, -0.2) is 8.42 Å². The van der Waals surface area contributed by atoms with Crippen molar-refractivity contribution >= 4 is 15.8 Å². The maximum absolute atomic E-state index is 11.1. The van der Waals surface area contributed by atoms with Crippen LogP contribution in [-0.2, 0) is 10.1 Å². The quantitative estimate of drug-likeness (QED) is 0.567. The first-order chi connectivity index (χ1) is 9.45. The SMILES string of the molecule is O=S(=O)([O-])c1cc(-c2c[n+]3ccccc3o2)ccc1O. The molecule has 0 spiro atoms. The molecule has 0 atom stereocenters. The number of aromatic nitrogens is 1. The van der Waals surface area contributed by atoms with Crippen molar-refractivity contribution in [3.05, 3.63) is 48.8 Å². The van der Waals surface area contributed by atoms with Crippen LogP contribution >= 0.6 is 0 Å². The van der Waals surface area contributed by atoms with E-state index in [1.807, 2.05) is 6.07 Å². The van der Waals surface area contributed by atoms with Crippen molar-refractivity contribution in [1.82, 2.24) is 0 Å². The molecule has 0 unspecified atom stereocenters. The Kier molecular flexibility index (Phi) is 2.73. The molecule has 20 heavy (non-hydrogen) atoms. The van der Waals surface area contributed by atoms with Gasteiger partial charge < -0.3 is 14.1 Å². The minimum atomic E-state index is -4.74. The molecule has 1 N–H and O–H groups in total. The maximum atomic E-state index is 11.1. The van der Waals surface area contributed by atoms with Crippen LogP contribution in [0.1, 0.15) is 0 Å². The van der Waals surface area contributed by atoms with Crippen molar-refractivity contribution in [1.29, 1.82) is 0 Å². The van der Waals surface area contributed by atoms with Crippen LogP contribution in [0.4, 0.5) is 0 Å². The highest BCUT2D eigenvalue weighted by Gasteiger charge is 2.16. The number of hydrogen-bond acceptors (Lipinski definition) is 5. The molecule has 0 aliphatic rings. The predicted molar refractivity (Wildman–Crippen MR) is 66.9 cm³/mol. The summed E-state index contributed by atoms with van der Waals surface area (Å²) in [5, 5.41) is 9.44. The average molecular weight is 291 g/mol. The summed E-state index contributed by atoms with van der Waals surface area (Å²) in [6.07, 6.45) is 3.43. The van der Waals surface area contributed by atoms with E-state index in [4.69, 9.17) is 4.42 Å². The minimum Gasteiger partial charge on any atom is -0.744 e. The van der Waals surface area contributed by atoms with Gasteiger partial charge in [0.1, 0.15) is 15.9 Å². The molecular formula is C13H9NO5S. The molecule has 1 aromatic carbocycles. The van der Waals surface area contributed by atoms with Gasteiger partial charge in [-0.2, -0.15) is 0 Å². The number of nitrogens with zero attached hydrogens (tertiary/aromatic N) is 1. The third kappa shape index (κ3) is 2.13. The van der Waals surface area contributed by atoms with Crippen molar-refractivity contribution in [2.24, 2.45) is 0 Å². The summed E-state index contributed by atoms with van der Waals surface area (Å²) in [6.45, 7) is 0. The monoisotopic (exact) mass is 291 g/mol. The van der Waals surface area contributed by atoms with Gasteiger partial charge in [-0.05, 0) is 24.3 Å². The lowest BCUT2D eigenvalue weighted by atomic mass is 10.2. The van der Waals surface area contributed by atoms with Gasteiger partial charge in [-0.15, -0.1) is 4.40 Å². The highest BCUT2D eigenvalue weighted by Crippen LogP contribution is 2.29. The molecule has 102 valence electrons. The fourth-order valence-corrected chi connectivity index (χ4v) is 2.50. The number of oxazole rings is 1. The fourth-order valence-electron chi connectivity index (χ4n) is 1.90. The smallest absolute Gasteiger partial charge is 0.379 e. The molecule has 3 aromatic rings. The molecule has 0 bridgehead atoms. The highest BCUT2D eigenvalue weighted by atomic mass is 32.2. The standard InChI is InChI=1S/C13H9NO5S/c15-10-5-4-9(7-12(10)20(16,17)18)11-8-14-6-2-1-3-13(14)19-11/h1-8H,(H-,15,16,17,18). The van der Waals surface area contributed by atoms with Gasteiger partial charge in [0.25, 0.3) is 0 Å². The first-order valence-corrected chi connectivity index (χ1v) is 7.05. The lowest BCUT2D eigenvalue weighted by Gasteiger charge is -2.09. The topological polar surface area (TPSA) is 94.7 Å². The van der Waals surface area contributed by atoms with Gasteiger partial charge in [0.05, 0.1) is 11.0 Å². The van der Waals surface area contributed by atoms with E-state index in [1.54, 1.807) is 28.9 Å². The van der Waals surface area contributed by atoms with Gasteiger partial charge in [-0.1, -0.05) is 0 Å². The molecule has 0 saturated heterocycles. The van der Waals surface area contributed by atoms with E-state index in [0.717, 1.165) is 12.1 Å². The van der Waals surface area contributed by atoms with E-state index in [-0.39, 0.29) is 0 Å². The van der Waals surface area contributed by atoms with Crippen molar-refractivity contribution in [3.8, 4) is 17.1 Å². The van der Waals surface area contributed by atoms with Gasteiger partial charge >= 0.3 is 5.71 Å². The first-order valence-electron chi connectivity index (χ1n) is 5.64. The molecule has 2 aromatic heterocycles. The summed E-state index contributed by atoms with van der Waals surface area (Å²) in [5.74, 6) is -0.186. The van der Waals surface area contributed by atoms with Crippen molar-refractivity contribution in [3.63, 3.8) is 0 Å². The van der Waals surface area contributed by atoms with Gasteiger partial charge in [0, 0.05) is 11.6 Å². The Balaban J connectivity index is 2.19. The molecule has 6 nitrogen and oxygen atoms in total. The third-order valence-electron chi connectivity index (χ3n) is 2.84. The average Bonchev–Trinajstić information content (AvgIpc) is 2.81. The number of hydrogen-bond donors (Lipinski definition) is 1. The van der Waals surface area contributed by atoms with E-state index in [9.17, 15) is 18.1 Å². The van der Waals surface area contributed by atoms with Gasteiger partial charge in [0.2, 0.25) is 12.0 Å². The number of rotatable bonds is 2. The fraction of sp³-hybridized carbons (Fsp3) is 0. The molecule has 0 saturated carbocycles. The molecule has 0 aliphatic carbocycles. The van der Waals surface area contributed by atoms with Crippen LogP contribution < -0.4 is 4.40 Å². The summed E-state index contributed by atoms with van der Waals surface area (Å²) in [5.41, 5.74) is 0.961. The lowest BCUT2D eigenvalue weighted by Crippen LogP contribution is -2.15. The molecule has 0 aliphatic heterocycles. The summed E-state index contributed by atoms with van der Waals surface area (Å²) in [4.78, 5) is -0.666. The zero-order valence-corrected chi connectivity index (χ0v) is 10.9.